The lowest BCUT2D eigenvalue weighted by atomic mass is 9.68. The van der Waals surface area contributed by atoms with Crippen LogP contribution in [0.2, 0.25) is 0 Å². The van der Waals surface area contributed by atoms with Gasteiger partial charge >= 0.3 is 0 Å². The number of rotatable bonds is 2. The van der Waals surface area contributed by atoms with Gasteiger partial charge in [-0.05, 0) is 48.6 Å². The van der Waals surface area contributed by atoms with E-state index in [0.29, 0.717) is 50.1 Å². The molecule has 196 valence electrons. The quantitative estimate of drug-likeness (QED) is 0.549. The van der Waals surface area contributed by atoms with Gasteiger partial charge in [0, 0.05) is 24.7 Å². The van der Waals surface area contributed by atoms with Crippen LogP contribution in [0.4, 0.5) is 0 Å². The normalized spacial score (nSPS) is 38.7. The smallest absolute Gasteiger partial charge is 0.171 e. The zero-order chi connectivity index (χ0) is 25.8. The Balaban J connectivity index is 0.000000127. The maximum absolute atomic E-state index is 9.79. The van der Waals surface area contributed by atoms with Gasteiger partial charge in [0.05, 0.1) is 49.4 Å². The molecule has 2 spiro atoms. The average Bonchev–Trinajstić information content (AvgIpc) is 3.82. The minimum absolute atomic E-state index is 0.327. The molecule has 0 aromatic heterocycles. The van der Waals surface area contributed by atoms with Gasteiger partial charge in [-0.25, -0.2) is 0 Å². The van der Waals surface area contributed by atoms with Crippen LogP contribution in [0, 0.1) is 46.3 Å². The Hall–Kier alpha value is -2.74. The highest BCUT2D eigenvalue weighted by molar-refractivity contribution is 5.39. The summed E-state index contributed by atoms with van der Waals surface area (Å²) in [6.45, 7) is 2.81. The van der Waals surface area contributed by atoms with Crippen molar-refractivity contribution in [2.24, 2.45) is 23.7 Å². The van der Waals surface area contributed by atoms with Crippen molar-refractivity contribution >= 4 is 0 Å². The Morgan fingerprint density at radius 3 is 1.18 bits per heavy atom. The van der Waals surface area contributed by atoms with E-state index in [0.717, 1.165) is 49.7 Å². The molecule has 0 radical (unpaired) electrons. The zero-order valence-corrected chi connectivity index (χ0v) is 21.7. The summed E-state index contributed by atoms with van der Waals surface area (Å²) in [6.07, 6.45) is 5.61. The summed E-state index contributed by atoms with van der Waals surface area (Å²) in [4.78, 5) is 0. The molecule has 38 heavy (non-hydrogen) atoms. The molecular formula is C32H34N2O4. The van der Waals surface area contributed by atoms with Crippen molar-refractivity contribution in [2.75, 3.05) is 26.4 Å². The highest BCUT2D eigenvalue weighted by Crippen LogP contribution is 2.63. The van der Waals surface area contributed by atoms with E-state index in [1.807, 2.05) is 36.4 Å². The highest BCUT2D eigenvalue weighted by atomic mass is 16.7. The van der Waals surface area contributed by atoms with Gasteiger partial charge in [-0.1, -0.05) is 60.7 Å². The molecule has 4 bridgehead atoms. The van der Waals surface area contributed by atoms with Gasteiger partial charge in [-0.3, -0.25) is 0 Å². The van der Waals surface area contributed by atoms with E-state index >= 15 is 0 Å². The Kier molecular flexibility index (Phi) is 5.69. The van der Waals surface area contributed by atoms with Crippen molar-refractivity contribution in [1.29, 1.82) is 10.5 Å². The van der Waals surface area contributed by atoms with E-state index in [1.165, 1.54) is 0 Å². The number of fused-ring (bicyclic) bond motifs is 6. The topological polar surface area (TPSA) is 84.5 Å². The minimum Gasteiger partial charge on any atom is -0.347 e. The number of nitrogens with zero attached hydrogens (tertiary/aromatic N) is 2. The maximum atomic E-state index is 9.79. The molecule has 2 aromatic rings. The van der Waals surface area contributed by atoms with Gasteiger partial charge in [-0.15, -0.1) is 0 Å². The summed E-state index contributed by atoms with van der Waals surface area (Å²) >= 11 is 0. The van der Waals surface area contributed by atoms with Gasteiger partial charge in [0.15, 0.2) is 11.6 Å². The summed E-state index contributed by atoms with van der Waals surface area (Å²) in [7, 11) is 0. The van der Waals surface area contributed by atoms with Crippen molar-refractivity contribution in [2.45, 2.75) is 60.9 Å². The first-order valence-electron chi connectivity index (χ1n) is 14.1. The third kappa shape index (κ3) is 3.38. The lowest BCUT2D eigenvalue weighted by molar-refractivity contribution is -0.195. The van der Waals surface area contributed by atoms with Crippen molar-refractivity contribution in [3.63, 3.8) is 0 Å². The molecule has 6 fully saturated rings. The SMILES string of the molecule is N#C[C@@]1(c2ccccc2)C[C@@H]2C[C@H]1CC21OCCO1.N#C[C@]1(c2ccccc2)C[C@H]2C[C@@H]1CC21OCCO1. The molecule has 0 unspecified atom stereocenters. The molecule has 6 heteroatoms. The Morgan fingerprint density at radius 2 is 0.895 bits per heavy atom. The molecule has 2 aromatic carbocycles. The second-order valence-corrected chi connectivity index (χ2v) is 12.0. The highest BCUT2D eigenvalue weighted by Gasteiger charge is 2.66. The lowest BCUT2D eigenvalue weighted by Crippen LogP contribution is -2.44. The predicted molar refractivity (Wildman–Crippen MR) is 138 cm³/mol. The molecule has 8 rings (SSSR count). The molecular weight excluding hydrogens is 476 g/mol. The predicted octanol–water partition coefficient (Wildman–Crippen LogP) is 5.24. The van der Waals surface area contributed by atoms with E-state index in [2.05, 4.69) is 36.4 Å². The first kappa shape index (κ1) is 24.3. The van der Waals surface area contributed by atoms with E-state index in [1.54, 1.807) is 0 Å². The van der Waals surface area contributed by atoms with E-state index in [4.69, 9.17) is 18.9 Å². The molecule has 2 heterocycles. The fourth-order valence-electron chi connectivity index (χ4n) is 8.80. The van der Waals surface area contributed by atoms with Gasteiger partial charge in [0.2, 0.25) is 0 Å². The van der Waals surface area contributed by atoms with Crippen molar-refractivity contribution in [3.05, 3.63) is 71.8 Å². The summed E-state index contributed by atoms with van der Waals surface area (Å²) < 4.78 is 23.5. The van der Waals surface area contributed by atoms with E-state index in [9.17, 15) is 10.5 Å². The van der Waals surface area contributed by atoms with Gasteiger partial charge in [-0.2, -0.15) is 10.5 Å². The van der Waals surface area contributed by atoms with Crippen LogP contribution >= 0.6 is 0 Å². The third-order valence-electron chi connectivity index (χ3n) is 10.5. The number of hydrogen-bond acceptors (Lipinski definition) is 6. The summed E-state index contributed by atoms with van der Waals surface area (Å²) in [5.74, 6) is 0.755. The number of nitriles is 2. The molecule has 4 aliphatic carbocycles. The van der Waals surface area contributed by atoms with Crippen molar-refractivity contribution in [1.82, 2.24) is 0 Å². The number of benzene rings is 2. The molecule has 6 nitrogen and oxygen atoms in total. The summed E-state index contributed by atoms with van der Waals surface area (Å²) in [5, 5.41) is 19.6. The van der Waals surface area contributed by atoms with Crippen LogP contribution < -0.4 is 0 Å². The van der Waals surface area contributed by atoms with Gasteiger partial charge in [0.25, 0.3) is 0 Å². The van der Waals surface area contributed by atoms with Crippen LogP contribution in [0.5, 0.6) is 0 Å². The zero-order valence-electron chi connectivity index (χ0n) is 21.7. The number of hydrogen-bond donors (Lipinski definition) is 0. The summed E-state index contributed by atoms with van der Waals surface area (Å²) in [6, 6.07) is 25.7. The standard InChI is InChI=1S/2C16H17NO2/c2*17-11-15(12-4-2-1-3-5-12)9-14-8-13(15)10-16(14)18-6-7-19-16/h2*1-5,13-14H,6-10H2/t2*13-,14-,15+/m10/s1. The fourth-order valence-corrected chi connectivity index (χ4v) is 8.80. The van der Waals surface area contributed by atoms with Crippen LogP contribution in [0.1, 0.15) is 49.7 Å². The molecule has 0 N–H and O–H groups in total. The molecule has 2 saturated heterocycles. The molecule has 4 saturated carbocycles. The first-order valence-corrected chi connectivity index (χ1v) is 14.1. The second-order valence-electron chi connectivity index (χ2n) is 12.0. The van der Waals surface area contributed by atoms with Crippen molar-refractivity contribution < 1.29 is 18.9 Å². The summed E-state index contributed by atoms with van der Waals surface area (Å²) in [5.41, 5.74) is 1.68. The largest absolute Gasteiger partial charge is 0.347 e. The molecule has 0 amide bonds. The van der Waals surface area contributed by atoms with Crippen LogP contribution in [0.3, 0.4) is 0 Å². The lowest BCUT2D eigenvalue weighted by Gasteiger charge is -2.39. The van der Waals surface area contributed by atoms with Crippen molar-refractivity contribution in [3.8, 4) is 12.1 Å². The van der Waals surface area contributed by atoms with E-state index in [-0.39, 0.29) is 22.4 Å². The van der Waals surface area contributed by atoms with Gasteiger partial charge < -0.3 is 18.9 Å². The fraction of sp³-hybridized carbons (Fsp3) is 0.562. The Bertz CT molecular complexity index is 1160. The van der Waals surface area contributed by atoms with Crippen LogP contribution in [0.15, 0.2) is 60.7 Å². The van der Waals surface area contributed by atoms with Crippen LogP contribution in [-0.4, -0.2) is 38.0 Å². The van der Waals surface area contributed by atoms with Gasteiger partial charge in [0.1, 0.15) is 0 Å². The molecule has 6 atom stereocenters. The van der Waals surface area contributed by atoms with E-state index < -0.39 is 0 Å². The second kappa shape index (κ2) is 8.90. The van der Waals surface area contributed by atoms with Crippen LogP contribution in [-0.2, 0) is 29.8 Å². The molecule has 6 aliphatic rings. The average molecular weight is 511 g/mol. The molecule has 2 aliphatic heterocycles. The maximum Gasteiger partial charge on any atom is 0.171 e. The third-order valence-corrected chi connectivity index (χ3v) is 10.5. The first-order chi connectivity index (χ1) is 18.6. The minimum atomic E-state index is -0.361. The van der Waals surface area contributed by atoms with Crippen LogP contribution in [0.25, 0.3) is 0 Å². The number of ether oxygens (including phenoxy) is 4. The Labute approximate surface area is 224 Å². The monoisotopic (exact) mass is 510 g/mol. The Morgan fingerprint density at radius 1 is 0.526 bits per heavy atom.